The van der Waals surface area contributed by atoms with E-state index in [1.54, 1.807) is 0 Å². The summed E-state index contributed by atoms with van der Waals surface area (Å²) in [4.78, 5) is 12.4. The Morgan fingerprint density at radius 2 is 1.88 bits per heavy atom. The van der Waals surface area contributed by atoms with Crippen LogP contribution >= 0.6 is 0 Å². The summed E-state index contributed by atoms with van der Waals surface area (Å²) >= 11 is 0. The Morgan fingerprint density at radius 1 is 1.27 bits per heavy atom. The second kappa shape index (κ2) is 8.68. The molecule has 0 heterocycles. The lowest BCUT2D eigenvalue weighted by molar-refractivity contribution is -0.692. The van der Waals surface area contributed by atoms with Crippen LogP contribution in [0.5, 0.6) is 0 Å². The third-order valence-electron chi connectivity index (χ3n) is 5.31. The molecule has 1 amide bonds. The van der Waals surface area contributed by atoms with Crippen molar-refractivity contribution in [1.82, 2.24) is 5.32 Å². The Hall–Kier alpha value is -1.86. The van der Waals surface area contributed by atoms with E-state index in [1.165, 1.54) is 11.1 Å². The lowest BCUT2D eigenvalue weighted by Gasteiger charge is -2.24. The first-order chi connectivity index (χ1) is 12.2. The summed E-state index contributed by atoms with van der Waals surface area (Å²) < 4.78 is 0. The Morgan fingerprint density at radius 3 is 2.35 bits per heavy atom. The number of nitriles is 1. The molecule has 1 aliphatic rings. The fourth-order valence-corrected chi connectivity index (χ4v) is 3.60. The van der Waals surface area contributed by atoms with Gasteiger partial charge in [0.05, 0.1) is 6.07 Å². The maximum atomic E-state index is 12.4. The van der Waals surface area contributed by atoms with E-state index in [-0.39, 0.29) is 11.9 Å². The molecule has 1 aromatic carbocycles. The van der Waals surface area contributed by atoms with Crippen molar-refractivity contribution in [1.29, 1.82) is 5.26 Å². The van der Waals surface area contributed by atoms with Gasteiger partial charge in [0.2, 0.25) is 0 Å². The molecule has 0 radical (unpaired) electrons. The van der Waals surface area contributed by atoms with Crippen molar-refractivity contribution in [3.63, 3.8) is 0 Å². The van der Waals surface area contributed by atoms with Crippen LogP contribution in [0.4, 0.5) is 0 Å². The van der Waals surface area contributed by atoms with Crippen molar-refractivity contribution >= 4 is 5.91 Å². The summed E-state index contributed by atoms with van der Waals surface area (Å²) in [5, 5.41) is 14.5. The maximum Gasteiger partial charge on any atom is 0.276 e. The highest BCUT2D eigenvalue weighted by Gasteiger charge is 2.43. The zero-order valence-electron chi connectivity index (χ0n) is 16.9. The van der Waals surface area contributed by atoms with Gasteiger partial charge < -0.3 is 10.6 Å². The van der Waals surface area contributed by atoms with Gasteiger partial charge in [-0.25, -0.2) is 0 Å². The third kappa shape index (κ3) is 5.57. The van der Waals surface area contributed by atoms with Crippen molar-refractivity contribution in [2.75, 3.05) is 6.54 Å². The van der Waals surface area contributed by atoms with E-state index >= 15 is 0 Å². The summed E-state index contributed by atoms with van der Waals surface area (Å²) in [5.74, 6) is 1.33. The van der Waals surface area contributed by atoms with Crippen LogP contribution in [0, 0.1) is 29.1 Å². The van der Waals surface area contributed by atoms with Gasteiger partial charge in [0.25, 0.3) is 5.91 Å². The van der Waals surface area contributed by atoms with Gasteiger partial charge >= 0.3 is 0 Å². The van der Waals surface area contributed by atoms with Crippen molar-refractivity contribution in [2.45, 2.75) is 65.5 Å². The van der Waals surface area contributed by atoms with Crippen LogP contribution < -0.4 is 10.6 Å². The van der Waals surface area contributed by atoms with Crippen molar-refractivity contribution in [2.24, 2.45) is 17.8 Å². The van der Waals surface area contributed by atoms with E-state index in [1.807, 2.05) is 6.92 Å². The molecule has 2 atom stereocenters. The number of hydrogen-bond donors (Lipinski definition) is 2. The summed E-state index contributed by atoms with van der Waals surface area (Å²) in [5.41, 5.74) is 1.90. The molecule has 26 heavy (non-hydrogen) atoms. The second-order valence-electron chi connectivity index (χ2n) is 8.69. The van der Waals surface area contributed by atoms with Crippen LogP contribution in [-0.2, 0) is 11.2 Å². The number of carbonyl (C=O) groups is 1. The second-order valence-corrected chi connectivity index (χ2v) is 8.69. The molecule has 0 spiro atoms. The molecule has 4 nitrogen and oxygen atoms in total. The van der Waals surface area contributed by atoms with Crippen LogP contribution in [0.15, 0.2) is 24.3 Å². The molecule has 1 aliphatic carbocycles. The number of nitrogens with zero attached hydrogens (tertiary/aromatic N) is 1. The van der Waals surface area contributed by atoms with Crippen molar-refractivity contribution < 1.29 is 10.1 Å². The summed E-state index contributed by atoms with van der Waals surface area (Å²) in [6, 6.07) is 11.3. The first-order valence-electron chi connectivity index (χ1n) is 9.89. The molecule has 0 unspecified atom stereocenters. The van der Waals surface area contributed by atoms with E-state index in [9.17, 15) is 10.1 Å². The first kappa shape index (κ1) is 20.5. The smallest absolute Gasteiger partial charge is 0.276 e. The number of nitrogens with two attached hydrogens (primary N) is 1. The molecule has 1 aromatic rings. The SMILES string of the molecule is CC(C)Cc1ccc([C@H]([NH2+]CC(=O)N[C@](C)(C#N)C2CC2)C(C)C)cc1. The molecule has 2 rings (SSSR count). The molecule has 1 saturated carbocycles. The maximum absolute atomic E-state index is 12.4. The minimum absolute atomic E-state index is 0.0528. The average molecular weight is 357 g/mol. The largest absolute Gasteiger partial charge is 0.333 e. The molecule has 0 saturated heterocycles. The summed E-state index contributed by atoms with van der Waals surface area (Å²) in [6.07, 6.45) is 3.16. The zero-order valence-corrected chi connectivity index (χ0v) is 16.9. The highest BCUT2D eigenvalue weighted by atomic mass is 16.2. The van der Waals surface area contributed by atoms with Gasteiger partial charge in [0.1, 0.15) is 11.6 Å². The van der Waals surface area contributed by atoms with Gasteiger partial charge in [-0.05, 0) is 43.6 Å². The van der Waals surface area contributed by atoms with Crippen molar-refractivity contribution in [3.8, 4) is 6.07 Å². The number of amides is 1. The minimum atomic E-state index is -0.712. The fourth-order valence-electron chi connectivity index (χ4n) is 3.60. The highest BCUT2D eigenvalue weighted by Crippen LogP contribution is 2.39. The van der Waals surface area contributed by atoms with E-state index in [2.05, 4.69) is 68.7 Å². The Labute approximate surface area is 158 Å². The number of quaternary nitrogens is 1. The zero-order chi connectivity index (χ0) is 19.3. The minimum Gasteiger partial charge on any atom is -0.333 e. The Balaban J connectivity index is 1.95. The molecule has 142 valence electrons. The van der Waals surface area contributed by atoms with Gasteiger partial charge in [-0.2, -0.15) is 5.26 Å². The number of benzene rings is 1. The number of rotatable bonds is 9. The lowest BCUT2D eigenvalue weighted by atomic mass is 9.93. The van der Waals surface area contributed by atoms with Crippen LogP contribution in [0.1, 0.15) is 64.6 Å². The van der Waals surface area contributed by atoms with Gasteiger partial charge in [-0.15, -0.1) is 0 Å². The predicted molar refractivity (Wildman–Crippen MR) is 104 cm³/mol. The molecular weight excluding hydrogens is 322 g/mol. The van der Waals surface area contributed by atoms with Gasteiger partial charge in [0.15, 0.2) is 6.54 Å². The summed E-state index contributed by atoms with van der Waals surface area (Å²) in [7, 11) is 0. The third-order valence-corrected chi connectivity index (χ3v) is 5.31. The van der Waals surface area contributed by atoms with E-state index in [0.29, 0.717) is 24.3 Å². The van der Waals surface area contributed by atoms with Crippen LogP contribution in [0.25, 0.3) is 0 Å². The molecular formula is C22H34N3O+. The monoisotopic (exact) mass is 356 g/mol. The topological polar surface area (TPSA) is 69.5 Å². The Kier molecular flexibility index (Phi) is 6.83. The predicted octanol–water partition coefficient (Wildman–Crippen LogP) is 2.95. The van der Waals surface area contributed by atoms with E-state index in [0.717, 1.165) is 19.3 Å². The van der Waals surface area contributed by atoms with Crippen molar-refractivity contribution in [3.05, 3.63) is 35.4 Å². The molecule has 0 aliphatic heterocycles. The van der Waals surface area contributed by atoms with Gasteiger partial charge in [0, 0.05) is 11.5 Å². The number of nitrogens with one attached hydrogen (secondary N) is 1. The summed E-state index contributed by atoms with van der Waals surface area (Å²) in [6.45, 7) is 11.0. The van der Waals surface area contributed by atoms with E-state index < -0.39 is 5.54 Å². The lowest BCUT2D eigenvalue weighted by Crippen LogP contribution is -2.88. The quantitative estimate of drug-likeness (QED) is 0.714. The standard InChI is InChI=1S/C22H33N3O/c1-15(2)12-17-6-8-18(9-7-17)21(16(3)4)24-13-20(26)25-22(5,14-23)19-10-11-19/h6-9,15-16,19,21,24H,10-13H2,1-5H3,(H,25,26)/p+1/t21-,22-/m1/s1. The first-order valence-corrected chi connectivity index (χ1v) is 9.89. The number of carbonyl (C=O) groups excluding carboxylic acids is 1. The molecule has 0 bridgehead atoms. The van der Waals surface area contributed by atoms with Gasteiger partial charge in [-0.1, -0.05) is 52.0 Å². The fraction of sp³-hybridized carbons (Fsp3) is 0.636. The highest BCUT2D eigenvalue weighted by molar-refractivity contribution is 5.78. The molecule has 4 heteroatoms. The van der Waals surface area contributed by atoms with Crippen LogP contribution in [0.3, 0.4) is 0 Å². The average Bonchev–Trinajstić information content (AvgIpc) is 3.41. The van der Waals surface area contributed by atoms with Gasteiger partial charge in [-0.3, -0.25) is 4.79 Å². The van der Waals surface area contributed by atoms with Crippen LogP contribution in [-0.4, -0.2) is 18.0 Å². The van der Waals surface area contributed by atoms with Crippen LogP contribution in [0.2, 0.25) is 0 Å². The number of hydrogen-bond acceptors (Lipinski definition) is 2. The Bertz CT molecular complexity index is 640. The molecule has 3 N–H and O–H groups in total. The normalized spacial score (nSPS) is 17.6. The van der Waals surface area contributed by atoms with E-state index in [4.69, 9.17) is 0 Å². The molecule has 1 fully saturated rings. The molecule has 0 aromatic heterocycles.